The second kappa shape index (κ2) is 8.31. The van der Waals surface area contributed by atoms with Gasteiger partial charge in [0.25, 0.3) is 11.8 Å². The van der Waals surface area contributed by atoms with Crippen LogP contribution in [0.5, 0.6) is 0 Å². The molecule has 0 saturated carbocycles. The number of carbonyl (C=O) groups excluding carboxylic acids is 3. The van der Waals surface area contributed by atoms with Gasteiger partial charge < -0.3 is 15.0 Å². The van der Waals surface area contributed by atoms with Gasteiger partial charge in [-0.2, -0.15) is 0 Å². The molecule has 0 aliphatic rings. The number of benzene rings is 1. The molecule has 1 heterocycles. The van der Waals surface area contributed by atoms with E-state index in [-0.39, 0.29) is 25.1 Å². The summed E-state index contributed by atoms with van der Waals surface area (Å²) in [7, 11) is 1.63. The molecule has 2 rings (SSSR count). The Hall–Kier alpha value is -2.12. The smallest absolute Gasteiger partial charge is 0.325 e. The minimum absolute atomic E-state index is 0.0148. The summed E-state index contributed by atoms with van der Waals surface area (Å²) in [5.74, 6) is -1.44. The minimum Gasteiger partial charge on any atom is -0.454 e. The zero-order valence-electron chi connectivity index (χ0n) is 14.2. The van der Waals surface area contributed by atoms with Crippen LogP contribution in [0.3, 0.4) is 0 Å². The van der Waals surface area contributed by atoms with Gasteiger partial charge in [0.15, 0.2) is 6.61 Å². The Morgan fingerprint density at radius 1 is 1.28 bits per heavy atom. The molecule has 1 N–H and O–H groups in total. The molecule has 0 fully saturated rings. The zero-order chi connectivity index (χ0) is 18.6. The highest BCUT2D eigenvalue weighted by Crippen LogP contribution is 2.34. The number of halogens is 1. The molecule has 2 amide bonds. The summed E-state index contributed by atoms with van der Waals surface area (Å²) >= 11 is 7.47. The Kier molecular flexibility index (Phi) is 6.39. The van der Waals surface area contributed by atoms with Gasteiger partial charge in [0, 0.05) is 23.2 Å². The molecule has 134 valence electrons. The van der Waals surface area contributed by atoms with E-state index in [0.29, 0.717) is 9.90 Å². The average molecular weight is 383 g/mol. The Balaban J connectivity index is 1.88. The lowest BCUT2D eigenvalue weighted by Gasteiger charge is -2.21. The fraction of sp³-hybridized carbons (Fsp3) is 0.353. The van der Waals surface area contributed by atoms with Crippen LogP contribution >= 0.6 is 22.9 Å². The molecule has 6 nitrogen and oxygen atoms in total. The Morgan fingerprint density at radius 2 is 1.96 bits per heavy atom. The normalized spacial score (nSPS) is 10.8. The second-order valence-electron chi connectivity index (χ2n) is 5.68. The average Bonchev–Trinajstić information content (AvgIpc) is 2.94. The van der Waals surface area contributed by atoms with E-state index in [2.05, 4.69) is 5.32 Å². The minimum atomic E-state index is -0.684. The van der Waals surface area contributed by atoms with Crippen molar-refractivity contribution >= 4 is 50.8 Å². The van der Waals surface area contributed by atoms with Crippen LogP contribution in [-0.2, 0) is 14.3 Å². The zero-order valence-corrected chi connectivity index (χ0v) is 15.7. The van der Waals surface area contributed by atoms with E-state index < -0.39 is 11.9 Å². The van der Waals surface area contributed by atoms with Gasteiger partial charge in [-0.15, -0.1) is 11.3 Å². The predicted octanol–water partition coefficient (Wildman–Crippen LogP) is 2.69. The topological polar surface area (TPSA) is 75.7 Å². The van der Waals surface area contributed by atoms with Crippen LogP contribution in [0.2, 0.25) is 5.02 Å². The van der Waals surface area contributed by atoms with Crippen LogP contribution in [0.15, 0.2) is 24.3 Å². The molecule has 1 aromatic carbocycles. The molecule has 0 radical (unpaired) electrons. The summed E-state index contributed by atoms with van der Waals surface area (Å²) in [6.45, 7) is 3.03. The maximum absolute atomic E-state index is 12.2. The number of fused-ring (bicyclic) bond motifs is 1. The first-order valence-corrected chi connectivity index (χ1v) is 8.87. The SMILES string of the molecule is CC(C)N(C)C(=O)COC(=O)CNC(=O)c1sc2ccccc2c1Cl. The van der Waals surface area contributed by atoms with Gasteiger partial charge in [-0.3, -0.25) is 14.4 Å². The van der Waals surface area contributed by atoms with Gasteiger partial charge in [-0.25, -0.2) is 0 Å². The summed E-state index contributed by atoms with van der Waals surface area (Å²) in [5.41, 5.74) is 0. The molecule has 0 saturated heterocycles. The maximum atomic E-state index is 12.2. The molecule has 0 spiro atoms. The predicted molar refractivity (Wildman–Crippen MR) is 98.0 cm³/mol. The molecule has 8 heteroatoms. The number of amides is 2. The van der Waals surface area contributed by atoms with E-state index in [1.54, 1.807) is 7.05 Å². The van der Waals surface area contributed by atoms with Crippen LogP contribution in [0, 0.1) is 0 Å². The maximum Gasteiger partial charge on any atom is 0.325 e. The van der Waals surface area contributed by atoms with Crippen molar-refractivity contribution in [3.8, 4) is 0 Å². The Morgan fingerprint density at radius 3 is 2.60 bits per heavy atom. The monoisotopic (exact) mass is 382 g/mol. The number of rotatable bonds is 6. The summed E-state index contributed by atoms with van der Waals surface area (Å²) in [6, 6.07) is 7.41. The lowest BCUT2D eigenvalue weighted by atomic mass is 10.2. The lowest BCUT2D eigenvalue weighted by molar-refractivity contribution is -0.151. The fourth-order valence-electron chi connectivity index (χ4n) is 1.98. The molecule has 0 atom stereocenters. The summed E-state index contributed by atoms with van der Waals surface area (Å²) in [4.78, 5) is 37.5. The standard InChI is InChI=1S/C17H19ClN2O4S/c1-10(2)20(3)13(21)9-24-14(22)8-19-17(23)16-15(18)11-6-4-5-7-12(11)25-16/h4-7,10H,8-9H2,1-3H3,(H,19,23). The molecule has 25 heavy (non-hydrogen) atoms. The number of esters is 1. The molecule has 1 aromatic heterocycles. The van der Waals surface area contributed by atoms with Crippen molar-refractivity contribution in [2.24, 2.45) is 0 Å². The molecule has 0 aliphatic carbocycles. The Labute approximate surface area is 154 Å². The summed E-state index contributed by atoms with van der Waals surface area (Å²) in [6.07, 6.45) is 0. The van der Waals surface area contributed by atoms with Crippen molar-refractivity contribution in [2.75, 3.05) is 20.2 Å². The highest BCUT2D eigenvalue weighted by atomic mass is 35.5. The number of likely N-dealkylation sites (N-methyl/N-ethyl adjacent to an activating group) is 1. The third-order valence-electron chi connectivity index (χ3n) is 3.66. The summed E-state index contributed by atoms with van der Waals surface area (Å²) in [5, 5.41) is 3.62. The van der Waals surface area contributed by atoms with Crippen molar-refractivity contribution in [1.29, 1.82) is 0 Å². The summed E-state index contributed by atoms with van der Waals surface area (Å²) < 4.78 is 5.77. The lowest BCUT2D eigenvalue weighted by Crippen LogP contribution is -2.37. The van der Waals surface area contributed by atoms with Crippen LogP contribution in [0.25, 0.3) is 10.1 Å². The van der Waals surface area contributed by atoms with Crippen LogP contribution in [0.4, 0.5) is 0 Å². The van der Waals surface area contributed by atoms with Gasteiger partial charge in [-0.1, -0.05) is 29.8 Å². The quantitative estimate of drug-likeness (QED) is 0.779. The number of nitrogens with zero attached hydrogens (tertiary/aromatic N) is 1. The number of carbonyl (C=O) groups is 3. The van der Waals surface area contributed by atoms with Crippen molar-refractivity contribution in [1.82, 2.24) is 10.2 Å². The first kappa shape index (κ1) is 19.2. The van der Waals surface area contributed by atoms with E-state index in [4.69, 9.17) is 16.3 Å². The van der Waals surface area contributed by atoms with Crippen LogP contribution in [-0.4, -0.2) is 48.9 Å². The molecular weight excluding hydrogens is 364 g/mol. The van der Waals surface area contributed by atoms with Gasteiger partial charge in [0.2, 0.25) is 0 Å². The molecule has 0 bridgehead atoms. The largest absolute Gasteiger partial charge is 0.454 e. The second-order valence-corrected chi connectivity index (χ2v) is 7.11. The molecule has 2 aromatic rings. The highest BCUT2D eigenvalue weighted by Gasteiger charge is 2.18. The van der Waals surface area contributed by atoms with Gasteiger partial charge >= 0.3 is 5.97 Å². The van der Waals surface area contributed by atoms with E-state index in [1.807, 2.05) is 38.1 Å². The first-order valence-electron chi connectivity index (χ1n) is 7.67. The number of nitrogens with one attached hydrogen (secondary N) is 1. The molecule has 0 aliphatic heterocycles. The number of thiophene rings is 1. The van der Waals surface area contributed by atoms with E-state index in [1.165, 1.54) is 16.2 Å². The van der Waals surface area contributed by atoms with Crippen molar-refractivity contribution < 1.29 is 19.1 Å². The number of hydrogen-bond donors (Lipinski definition) is 1. The number of hydrogen-bond acceptors (Lipinski definition) is 5. The van der Waals surface area contributed by atoms with Crippen molar-refractivity contribution in [3.05, 3.63) is 34.2 Å². The third kappa shape index (κ3) is 4.70. The van der Waals surface area contributed by atoms with Gasteiger partial charge in [0.05, 0.1) is 5.02 Å². The fourth-order valence-corrected chi connectivity index (χ4v) is 3.41. The van der Waals surface area contributed by atoms with Crippen molar-refractivity contribution in [2.45, 2.75) is 19.9 Å². The number of ether oxygens (including phenoxy) is 1. The van der Waals surface area contributed by atoms with E-state index in [9.17, 15) is 14.4 Å². The first-order chi connectivity index (χ1) is 11.8. The highest BCUT2D eigenvalue weighted by molar-refractivity contribution is 7.21. The van der Waals surface area contributed by atoms with Gasteiger partial charge in [0.1, 0.15) is 11.4 Å². The van der Waals surface area contributed by atoms with Crippen LogP contribution in [0.1, 0.15) is 23.5 Å². The Bertz CT molecular complexity index is 803. The molecule has 0 unspecified atom stereocenters. The van der Waals surface area contributed by atoms with Crippen LogP contribution < -0.4 is 5.32 Å². The van der Waals surface area contributed by atoms with Gasteiger partial charge in [-0.05, 0) is 19.9 Å². The molecular formula is C17H19ClN2O4S. The van der Waals surface area contributed by atoms with Crippen molar-refractivity contribution in [3.63, 3.8) is 0 Å². The van der Waals surface area contributed by atoms with E-state index in [0.717, 1.165) is 10.1 Å². The van der Waals surface area contributed by atoms with E-state index >= 15 is 0 Å². The third-order valence-corrected chi connectivity index (χ3v) is 5.33.